The molecule has 0 heterocycles. The Labute approximate surface area is 190 Å². The van der Waals surface area contributed by atoms with Crippen molar-refractivity contribution in [1.29, 1.82) is 0 Å². The van der Waals surface area contributed by atoms with Gasteiger partial charge in [-0.3, -0.25) is 24.2 Å². The maximum atomic E-state index is 12.6. The zero-order valence-corrected chi connectivity index (χ0v) is 18.6. The Morgan fingerprint density at radius 1 is 0.879 bits per heavy atom. The normalized spacial score (nSPS) is 14.3. The molecule has 4 unspecified atom stereocenters. The molecule has 0 radical (unpaired) electrons. The van der Waals surface area contributed by atoms with Gasteiger partial charge in [0.15, 0.2) is 5.96 Å². The zero-order chi connectivity index (χ0) is 25.7. The van der Waals surface area contributed by atoms with E-state index in [1.165, 1.54) is 0 Å². The third-order valence-corrected chi connectivity index (χ3v) is 4.43. The Balaban J connectivity index is 5.44. The van der Waals surface area contributed by atoms with E-state index in [9.17, 15) is 34.2 Å². The fourth-order valence-electron chi connectivity index (χ4n) is 2.48. The molecular weight excluding hydrogens is 440 g/mol. The van der Waals surface area contributed by atoms with Crippen molar-refractivity contribution in [3.63, 3.8) is 0 Å². The third-order valence-electron chi connectivity index (χ3n) is 4.43. The summed E-state index contributed by atoms with van der Waals surface area (Å²) < 4.78 is 0. The number of guanidine groups is 1. The summed E-state index contributed by atoms with van der Waals surface area (Å²) >= 11 is 0. The van der Waals surface area contributed by atoms with E-state index in [0.717, 1.165) is 0 Å². The molecule has 0 aliphatic rings. The van der Waals surface area contributed by atoms with E-state index in [4.69, 9.17) is 22.9 Å². The number of primary amides is 1. The van der Waals surface area contributed by atoms with Gasteiger partial charge in [0.1, 0.15) is 18.1 Å². The minimum Gasteiger partial charge on any atom is -0.480 e. The van der Waals surface area contributed by atoms with E-state index < -0.39 is 66.8 Å². The van der Waals surface area contributed by atoms with Crippen molar-refractivity contribution in [2.75, 3.05) is 13.2 Å². The second-order valence-corrected chi connectivity index (χ2v) is 7.59. The summed E-state index contributed by atoms with van der Waals surface area (Å²) in [5.74, 6) is -5.40. The van der Waals surface area contributed by atoms with Crippen molar-refractivity contribution in [2.45, 2.75) is 57.3 Å². The van der Waals surface area contributed by atoms with Crippen LogP contribution in [-0.4, -0.2) is 83.1 Å². The van der Waals surface area contributed by atoms with Crippen LogP contribution >= 0.6 is 0 Å². The van der Waals surface area contributed by atoms with Crippen LogP contribution < -0.4 is 38.9 Å². The number of carboxylic acids is 1. The van der Waals surface area contributed by atoms with Gasteiger partial charge in [0.2, 0.25) is 23.6 Å². The van der Waals surface area contributed by atoms with Gasteiger partial charge < -0.3 is 49.1 Å². The van der Waals surface area contributed by atoms with Crippen molar-refractivity contribution in [1.82, 2.24) is 16.0 Å². The van der Waals surface area contributed by atoms with Crippen LogP contribution in [-0.2, 0) is 24.0 Å². The van der Waals surface area contributed by atoms with E-state index in [0.29, 0.717) is 0 Å². The van der Waals surface area contributed by atoms with Crippen LogP contribution in [0.15, 0.2) is 4.99 Å². The van der Waals surface area contributed by atoms with Crippen LogP contribution in [0, 0.1) is 5.92 Å². The molecule has 15 heteroatoms. The van der Waals surface area contributed by atoms with Gasteiger partial charge in [-0.1, -0.05) is 13.8 Å². The molecule has 0 aliphatic carbocycles. The zero-order valence-electron chi connectivity index (χ0n) is 18.6. The van der Waals surface area contributed by atoms with E-state index >= 15 is 0 Å². The fourth-order valence-corrected chi connectivity index (χ4v) is 2.48. The van der Waals surface area contributed by atoms with E-state index in [2.05, 4.69) is 20.9 Å². The number of carbonyl (C=O) groups is 5. The van der Waals surface area contributed by atoms with Crippen molar-refractivity contribution >= 4 is 35.6 Å². The van der Waals surface area contributed by atoms with Crippen LogP contribution in [0.25, 0.3) is 0 Å². The number of nitrogens with zero attached hydrogens (tertiary/aromatic N) is 1. The molecule has 0 aromatic carbocycles. The SMILES string of the molecule is CC(C)C(N)C(=O)NC(CO)C(=O)NC(CCCN=C(N)N)C(=O)NC(CC(N)=O)C(=O)O. The lowest BCUT2D eigenvalue weighted by Crippen LogP contribution is -2.58. The molecule has 0 spiro atoms. The van der Waals surface area contributed by atoms with Crippen molar-refractivity contribution in [3.8, 4) is 0 Å². The Hall–Kier alpha value is -3.46. The molecule has 0 saturated carbocycles. The summed E-state index contributed by atoms with van der Waals surface area (Å²) in [6.45, 7) is 2.71. The Morgan fingerprint density at radius 3 is 1.85 bits per heavy atom. The first kappa shape index (κ1) is 29.5. The standard InChI is InChI=1S/C18H34N8O7/c1-8(2)13(20)16(31)26-11(7-27)15(30)24-9(4-3-5-23-18(21)22)14(29)25-10(17(32)33)6-12(19)28/h8-11,13,27H,3-7,20H2,1-2H3,(H2,19,28)(H,24,30)(H,25,29)(H,26,31)(H,32,33)(H4,21,22,23). The van der Waals surface area contributed by atoms with E-state index in [1.54, 1.807) is 13.8 Å². The molecule has 13 N–H and O–H groups in total. The number of hydrogen-bond acceptors (Lipinski definition) is 8. The van der Waals surface area contributed by atoms with Gasteiger partial charge in [-0.05, 0) is 18.8 Å². The number of carboxylic acid groups (broad SMARTS) is 1. The highest BCUT2D eigenvalue weighted by Gasteiger charge is 2.30. The fraction of sp³-hybridized carbons (Fsp3) is 0.667. The Morgan fingerprint density at radius 2 is 1.39 bits per heavy atom. The van der Waals surface area contributed by atoms with Crippen LogP contribution in [0.2, 0.25) is 0 Å². The van der Waals surface area contributed by atoms with Gasteiger partial charge >= 0.3 is 5.97 Å². The number of aliphatic hydroxyl groups is 1. The van der Waals surface area contributed by atoms with Crippen molar-refractivity contribution in [3.05, 3.63) is 0 Å². The number of aliphatic hydroxyl groups excluding tert-OH is 1. The quantitative estimate of drug-likeness (QED) is 0.0622. The van der Waals surface area contributed by atoms with Gasteiger partial charge in [0, 0.05) is 6.54 Å². The van der Waals surface area contributed by atoms with Gasteiger partial charge in [0.25, 0.3) is 0 Å². The highest BCUT2D eigenvalue weighted by atomic mass is 16.4. The molecule has 0 saturated heterocycles. The molecule has 0 bridgehead atoms. The molecule has 0 rings (SSSR count). The number of amides is 4. The molecular formula is C18H34N8O7. The first-order valence-corrected chi connectivity index (χ1v) is 10.1. The first-order chi connectivity index (χ1) is 15.3. The lowest BCUT2D eigenvalue weighted by atomic mass is 10.0. The number of hydrogen-bond donors (Lipinski definition) is 9. The average molecular weight is 475 g/mol. The average Bonchev–Trinajstić information content (AvgIpc) is 2.71. The summed E-state index contributed by atoms with van der Waals surface area (Å²) in [6, 6.07) is -5.28. The highest BCUT2D eigenvalue weighted by molar-refractivity contribution is 5.95. The highest BCUT2D eigenvalue weighted by Crippen LogP contribution is 2.03. The lowest BCUT2D eigenvalue weighted by molar-refractivity contribution is -0.143. The second kappa shape index (κ2) is 14.6. The molecule has 33 heavy (non-hydrogen) atoms. The summed E-state index contributed by atoms with van der Waals surface area (Å²) in [5, 5.41) is 25.5. The minimum absolute atomic E-state index is 0.0329. The van der Waals surface area contributed by atoms with Crippen LogP contribution in [0.4, 0.5) is 0 Å². The number of aliphatic carboxylic acids is 1. The number of carbonyl (C=O) groups excluding carboxylic acids is 4. The van der Waals surface area contributed by atoms with Gasteiger partial charge in [-0.2, -0.15) is 0 Å². The smallest absolute Gasteiger partial charge is 0.326 e. The molecule has 0 aromatic rings. The minimum atomic E-state index is -1.62. The molecule has 0 aliphatic heterocycles. The Kier molecular flexibility index (Phi) is 13.0. The van der Waals surface area contributed by atoms with Gasteiger partial charge in [-0.15, -0.1) is 0 Å². The Bertz CT molecular complexity index is 739. The van der Waals surface area contributed by atoms with Crippen LogP contribution in [0.5, 0.6) is 0 Å². The van der Waals surface area contributed by atoms with Crippen molar-refractivity contribution < 1.29 is 34.2 Å². The predicted molar refractivity (Wildman–Crippen MR) is 117 cm³/mol. The molecule has 15 nitrogen and oxygen atoms in total. The maximum Gasteiger partial charge on any atom is 0.326 e. The lowest BCUT2D eigenvalue weighted by Gasteiger charge is -2.24. The van der Waals surface area contributed by atoms with Gasteiger partial charge in [0.05, 0.1) is 19.1 Å². The number of rotatable bonds is 15. The summed E-state index contributed by atoms with van der Waals surface area (Å²) in [7, 11) is 0. The molecule has 4 amide bonds. The summed E-state index contributed by atoms with van der Waals surface area (Å²) in [4.78, 5) is 63.5. The molecule has 188 valence electrons. The van der Waals surface area contributed by atoms with Crippen molar-refractivity contribution in [2.24, 2.45) is 33.8 Å². The molecule has 0 fully saturated rings. The third kappa shape index (κ3) is 11.6. The second-order valence-electron chi connectivity index (χ2n) is 7.59. The van der Waals surface area contributed by atoms with Crippen LogP contribution in [0.3, 0.4) is 0 Å². The van der Waals surface area contributed by atoms with Crippen LogP contribution in [0.1, 0.15) is 33.1 Å². The van der Waals surface area contributed by atoms with E-state index in [1.807, 2.05) is 0 Å². The number of nitrogens with one attached hydrogen (secondary N) is 3. The van der Waals surface area contributed by atoms with E-state index in [-0.39, 0.29) is 31.3 Å². The van der Waals surface area contributed by atoms with Gasteiger partial charge in [-0.25, -0.2) is 4.79 Å². The molecule has 0 aromatic heterocycles. The largest absolute Gasteiger partial charge is 0.480 e. The monoisotopic (exact) mass is 474 g/mol. The first-order valence-electron chi connectivity index (χ1n) is 10.1. The number of aliphatic imine (C=N–C) groups is 1. The predicted octanol–water partition coefficient (Wildman–Crippen LogP) is -4.57. The maximum absolute atomic E-state index is 12.6. The molecule has 4 atom stereocenters. The summed E-state index contributed by atoms with van der Waals surface area (Å²) in [5.41, 5.74) is 21.2. The number of nitrogens with two attached hydrogens (primary N) is 4. The summed E-state index contributed by atoms with van der Waals surface area (Å²) in [6.07, 6.45) is -0.495. The topological polar surface area (TPSA) is 278 Å².